The third-order valence-electron chi connectivity index (χ3n) is 9.11. The van der Waals surface area contributed by atoms with Gasteiger partial charge in [-0.05, 0) is 52.5 Å². The Morgan fingerprint density at radius 3 is 1.96 bits per heavy atom. The van der Waals surface area contributed by atoms with Gasteiger partial charge in [0.15, 0.2) is 17.5 Å². The van der Waals surface area contributed by atoms with Crippen LogP contribution in [0.5, 0.6) is 0 Å². The van der Waals surface area contributed by atoms with Gasteiger partial charge in [0, 0.05) is 33.4 Å². The van der Waals surface area contributed by atoms with Crippen molar-refractivity contribution in [2.75, 3.05) is 0 Å². The maximum absolute atomic E-state index is 6.48. The normalized spacial score (nSPS) is 15.4. The second kappa shape index (κ2) is 11.3. The first-order valence-corrected chi connectivity index (χ1v) is 16.0. The van der Waals surface area contributed by atoms with E-state index in [4.69, 9.17) is 19.4 Å². The Bertz CT molecular complexity index is 2360. The molecule has 2 aliphatic rings. The lowest BCUT2D eigenvalue weighted by Crippen LogP contribution is -2.06. The Balaban J connectivity index is 1.11. The van der Waals surface area contributed by atoms with E-state index in [1.54, 1.807) is 0 Å². The van der Waals surface area contributed by atoms with Crippen LogP contribution in [0.3, 0.4) is 0 Å². The predicted octanol–water partition coefficient (Wildman–Crippen LogP) is 10.9. The standard InChI is InChI=1S/C43H29N3O/c1-3-11-31(12-4-1)41-44-42(32-13-5-2-6-14-32)46-43(45-41)37-16-9-17-38-40(37)36-25-24-35(27-39(36)47-38)30-20-18-29(19-21-30)34-23-22-28-10-7-8-15-33(28)26-34/h1-25,27,33H,26H2. The molecule has 0 N–H and O–H groups in total. The summed E-state index contributed by atoms with van der Waals surface area (Å²) in [5.74, 6) is 2.35. The van der Waals surface area contributed by atoms with Crippen molar-refractivity contribution < 1.29 is 4.42 Å². The van der Waals surface area contributed by atoms with Crippen LogP contribution in [-0.4, -0.2) is 15.0 Å². The van der Waals surface area contributed by atoms with E-state index in [0.717, 1.165) is 56.2 Å². The molecule has 1 atom stereocenters. The molecule has 0 bridgehead atoms. The van der Waals surface area contributed by atoms with E-state index in [1.807, 2.05) is 72.8 Å². The molecule has 0 amide bonds. The number of nitrogens with zero attached hydrogens (tertiary/aromatic N) is 3. The van der Waals surface area contributed by atoms with Crippen LogP contribution in [0, 0.1) is 5.92 Å². The second-order valence-electron chi connectivity index (χ2n) is 12.0. The summed E-state index contributed by atoms with van der Waals surface area (Å²) < 4.78 is 6.48. The molecule has 9 rings (SSSR count). The summed E-state index contributed by atoms with van der Waals surface area (Å²) >= 11 is 0. The molecule has 4 nitrogen and oxygen atoms in total. The Kier molecular flexibility index (Phi) is 6.57. The van der Waals surface area contributed by atoms with Gasteiger partial charge in [0.25, 0.3) is 0 Å². The third kappa shape index (κ3) is 5.01. The zero-order valence-corrected chi connectivity index (χ0v) is 25.5. The molecule has 7 aromatic rings. The first kappa shape index (κ1) is 27.2. The average Bonchev–Trinajstić information content (AvgIpc) is 3.53. The van der Waals surface area contributed by atoms with Crippen molar-refractivity contribution >= 4 is 27.5 Å². The molecule has 5 aromatic carbocycles. The van der Waals surface area contributed by atoms with Crippen LogP contribution in [0.2, 0.25) is 0 Å². The number of aromatic nitrogens is 3. The Hall–Kier alpha value is -6.13. The SMILES string of the molecule is C1=CC2=CC=C(c3ccc(-c4ccc5c(c4)oc4cccc(-c6nc(-c7ccccc7)nc(-c7ccccc7)n6)c45)cc3)CC2C=C1. The molecule has 0 fully saturated rings. The molecule has 2 aliphatic carbocycles. The van der Waals surface area contributed by atoms with Gasteiger partial charge in [0.2, 0.25) is 0 Å². The minimum Gasteiger partial charge on any atom is -0.456 e. The molecule has 0 saturated carbocycles. The maximum atomic E-state index is 6.48. The third-order valence-corrected chi connectivity index (χ3v) is 9.11. The summed E-state index contributed by atoms with van der Waals surface area (Å²) in [7, 11) is 0. The smallest absolute Gasteiger partial charge is 0.164 e. The van der Waals surface area contributed by atoms with Gasteiger partial charge in [0.05, 0.1) is 0 Å². The van der Waals surface area contributed by atoms with E-state index in [2.05, 4.69) is 85.0 Å². The van der Waals surface area contributed by atoms with E-state index >= 15 is 0 Å². The highest BCUT2D eigenvalue weighted by Gasteiger charge is 2.20. The van der Waals surface area contributed by atoms with Crippen molar-refractivity contribution in [1.82, 2.24) is 15.0 Å². The Morgan fingerprint density at radius 2 is 1.21 bits per heavy atom. The van der Waals surface area contributed by atoms with Crippen LogP contribution < -0.4 is 0 Å². The zero-order chi connectivity index (χ0) is 31.2. The molecule has 4 heteroatoms. The summed E-state index contributed by atoms with van der Waals surface area (Å²) in [6.45, 7) is 0. The van der Waals surface area contributed by atoms with Gasteiger partial charge in [-0.25, -0.2) is 15.0 Å². The van der Waals surface area contributed by atoms with E-state index in [1.165, 1.54) is 16.7 Å². The molecule has 0 radical (unpaired) electrons. The Labute approximate surface area is 272 Å². The molecular formula is C43H29N3O. The van der Waals surface area contributed by atoms with Crippen molar-refractivity contribution in [3.8, 4) is 45.3 Å². The van der Waals surface area contributed by atoms with Crippen LogP contribution >= 0.6 is 0 Å². The summed E-state index contributed by atoms with van der Waals surface area (Å²) in [6, 6.07) is 41.6. The predicted molar refractivity (Wildman–Crippen MR) is 191 cm³/mol. The van der Waals surface area contributed by atoms with Gasteiger partial charge in [-0.1, -0.05) is 140 Å². The van der Waals surface area contributed by atoms with Crippen LogP contribution in [0.4, 0.5) is 0 Å². The molecular weight excluding hydrogens is 574 g/mol. The van der Waals surface area contributed by atoms with Crippen molar-refractivity contribution in [2.24, 2.45) is 5.92 Å². The topological polar surface area (TPSA) is 51.8 Å². The quantitative estimate of drug-likeness (QED) is 0.196. The highest BCUT2D eigenvalue weighted by Crippen LogP contribution is 2.39. The maximum Gasteiger partial charge on any atom is 0.164 e. The molecule has 0 saturated heterocycles. The lowest BCUT2D eigenvalue weighted by molar-refractivity contribution is 0.669. The van der Waals surface area contributed by atoms with Crippen LogP contribution in [-0.2, 0) is 0 Å². The van der Waals surface area contributed by atoms with E-state index in [0.29, 0.717) is 23.4 Å². The average molecular weight is 604 g/mol. The molecule has 47 heavy (non-hydrogen) atoms. The fraction of sp³-hybridized carbons (Fsp3) is 0.0465. The van der Waals surface area contributed by atoms with Crippen molar-refractivity contribution in [2.45, 2.75) is 6.42 Å². The first-order valence-electron chi connectivity index (χ1n) is 16.0. The summed E-state index contributed by atoms with van der Waals surface area (Å²) in [6.07, 6.45) is 14.3. The monoisotopic (exact) mass is 603 g/mol. The van der Waals surface area contributed by atoms with Crippen LogP contribution in [0.25, 0.3) is 72.8 Å². The van der Waals surface area contributed by atoms with E-state index in [9.17, 15) is 0 Å². The first-order chi connectivity index (χ1) is 23.3. The van der Waals surface area contributed by atoms with Gasteiger partial charge in [-0.15, -0.1) is 0 Å². The van der Waals surface area contributed by atoms with Gasteiger partial charge in [-0.2, -0.15) is 0 Å². The zero-order valence-electron chi connectivity index (χ0n) is 25.5. The van der Waals surface area contributed by atoms with Crippen LogP contribution in [0.1, 0.15) is 12.0 Å². The largest absolute Gasteiger partial charge is 0.456 e. The minimum atomic E-state index is 0.465. The van der Waals surface area contributed by atoms with E-state index in [-0.39, 0.29) is 0 Å². The molecule has 1 unspecified atom stereocenters. The number of furan rings is 1. The van der Waals surface area contributed by atoms with Gasteiger partial charge in [0.1, 0.15) is 11.2 Å². The van der Waals surface area contributed by atoms with Gasteiger partial charge >= 0.3 is 0 Å². The fourth-order valence-corrected chi connectivity index (χ4v) is 6.68. The number of rotatable bonds is 5. The summed E-state index contributed by atoms with van der Waals surface area (Å²) in [5, 5.41) is 2.03. The molecule has 0 spiro atoms. The molecule has 222 valence electrons. The second-order valence-corrected chi connectivity index (χ2v) is 12.0. The Morgan fingerprint density at radius 1 is 0.532 bits per heavy atom. The lowest BCUT2D eigenvalue weighted by atomic mass is 9.82. The van der Waals surface area contributed by atoms with Crippen LogP contribution in [0.15, 0.2) is 168 Å². The van der Waals surface area contributed by atoms with Crippen molar-refractivity contribution in [3.63, 3.8) is 0 Å². The fourth-order valence-electron chi connectivity index (χ4n) is 6.68. The number of hydrogen-bond acceptors (Lipinski definition) is 4. The number of fused-ring (bicyclic) bond motifs is 4. The van der Waals surface area contributed by atoms with Gasteiger partial charge in [-0.3, -0.25) is 0 Å². The summed E-state index contributed by atoms with van der Waals surface area (Å²) in [5.41, 5.74) is 10.7. The molecule has 0 aliphatic heterocycles. The summed E-state index contributed by atoms with van der Waals surface area (Å²) in [4.78, 5) is 14.9. The number of hydrogen-bond donors (Lipinski definition) is 0. The number of benzene rings is 5. The minimum absolute atomic E-state index is 0.465. The van der Waals surface area contributed by atoms with Crippen molar-refractivity contribution in [3.05, 3.63) is 169 Å². The lowest BCUT2D eigenvalue weighted by Gasteiger charge is -2.22. The number of allylic oxidation sites excluding steroid dienone is 8. The van der Waals surface area contributed by atoms with Crippen molar-refractivity contribution in [1.29, 1.82) is 0 Å². The van der Waals surface area contributed by atoms with E-state index < -0.39 is 0 Å². The molecule has 2 aromatic heterocycles. The highest BCUT2D eigenvalue weighted by atomic mass is 16.3. The van der Waals surface area contributed by atoms with Gasteiger partial charge < -0.3 is 4.42 Å². The molecule has 2 heterocycles. The highest BCUT2D eigenvalue weighted by molar-refractivity contribution is 6.12.